The molecule has 0 fully saturated rings. The number of rotatable bonds is 17. The summed E-state index contributed by atoms with van der Waals surface area (Å²) in [6, 6.07) is -0.649. The highest BCUT2D eigenvalue weighted by Gasteiger charge is 2.32. The largest absolute Gasteiger partial charge is 0.464 e. The molecule has 0 aromatic heterocycles. The van der Waals surface area contributed by atoms with E-state index >= 15 is 0 Å². The van der Waals surface area contributed by atoms with Crippen molar-refractivity contribution in [3.8, 4) is 11.8 Å². The molecule has 0 saturated heterocycles. The number of carbonyl (C=O) groups is 2. The molecule has 1 amide bonds. The zero-order valence-electron chi connectivity index (χ0n) is 20.1. The predicted molar refractivity (Wildman–Crippen MR) is 123 cm³/mol. The first kappa shape index (κ1) is 28.3. The number of unbranched alkanes of at least 4 members (excludes halogenated alkanes) is 11. The molecule has 0 aliphatic rings. The molecule has 0 aromatic rings. The number of carbonyl (C=O) groups excluding carboxylic acids is 2. The average Bonchev–Trinajstić information content (AvgIpc) is 2.71. The van der Waals surface area contributed by atoms with Gasteiger partial charge in [0.1, 0.15) is 6.04 Å². The maximum atomic E-state index is 12.5. The second-order valence-corrected chi connectivity index (χ2v) is 8.34. The summed E-state index contributed by atoms with van der Waals surface area (Å²) < 4.78 is 10.5. The lowest BCUT2D eigenvalue weighted by Crippen LogP contribution is -2.46. The number of amides is 1. The minimum absolute atomic E-state index is 0.0262. The van der Waals surface area contributed by atoms with Crippen LogP contribution >= 0.6 is 0 Å². The summed E-state index contributed by atoms with van der Waals surface area (Å²) in [5, 5.41) is 0. The van der Waals surface area contributed by atoms with E-state index in [1.54, 1.807) is 14.0 Å². The van der Waals surface area contributed by atoms with E-state index in [1.807, 2.05) is 13.8 Å². The van der Waals surface area contributed by atoms with Gasteiger partial charge in [0.2, 0.25) is 0 Å². The third-order valence-electron chi connectivity index (χ3n) is 5.27. The van der Waals surface area contributed by atoms with E-state index in [4.69, 9.17) is 9.47 Å². The Kier molecular flexibility index (Phi) is 18.2. The molecule has 30 heavy (non-hydrogen) atoms. The van der Waals surface area contributed by atoms with Gasteiger partial charge in [0.25, 0.3) is 0 Å². The van der Waals surface area contributed by atoms with Gasteiger partial charge in [0, 0.05) is 7.05 Å². The van der Waals surface area contributed by atoms with Gasteiger partial charge in [-0.25, -0.2) is 9.59 Å². The van der Waals surface area contributed by atoms with Gasteiger partial charge in [-0.15, -0.1) is 5.92 Å². The van der Waals surface area contributed by atoms with Crippen LogP contribution in [0.5, 0.6) is 0 Å². The third kappa shape index (κ3) is 14.3. The number of hydrogen-bond acceptors (Lipinski definition) is 4. The second-order valence-electron chi connectivity index (χ2n) is 8.34. The summed E-state index contributed by atoms with van der Waals surface area (Å²) in [6.45, 7) is 8.16. The Morgan fingerprint density at radius 1 is 0.833 bits per heavy atom. The van der Waals surface area contributed by atoms with Crippen LogP contribution in [0.15, 0.2) is 0 Å². The summed E-state index contributed by atoms with van der Waals surface area (Å²) in [6.07, 6.45) is 14.7. The quantitative estimate of drug-likeness (QED) is 0.155. The normalized spacial score (nSPS) is 11.5. The van der Waals surface area contributed by atoms with Gasteiger partial charge in [-0.3, -0.25) is 4.90 Å². The second kappa shape index (κ2) is 19.3. The zero-order chi connectivity index (χ0) is 22.6. The maximum Gasteiger partial charge on any atom is 0.411 e. The van der Waals surface area contributed by atoms with E-state index in [-0.39, 0.29) is 18.5 Å². The Morgan fingerprint density at radius 3 is 1.80 bits per heavy atom. The van der Waals surface area contributed by atoms with E-state index in [0.717, 1.165) is 12.8 Å². The molecule has 0 N–H and O–H groups in total. The third-order valence-corrected chi connectivity index (χ3v) is 5.27. The van der Waals surface area contributed by atoms with Gasteiger partial charge in [0.15, 0.2) is 6.61 Å². The molecule has 174 valence electrons. The lowest BCUT2D eigenvalue weighted by molar-refractivity contribution is -0.150. The van der Waals surface area contributed by atoms with Crippen molar-refractivity contribution in [2.75, 3.05) is 20.3 Å². The first-order valence-corrected chi connectivity index (χ1v) is 11.9. The van der Waals surface area contributed by atoms with Crippen LogP contribution in [0, 0.1) is 17.8 Å². The van der Waals surface area contributed by atoms with Crippen LogP contribution in [0.3, 0.4) is 0 Å². The van der Waals surface area contributed by atoms with Crippen molar-refractivity contribution in [1.29, 1.82) is 0 Å². The van der Waals surface area contributed by atoms with Crippen LogP contribution in [0.2, 0.25) is 0 Å². The van der Waals surface area contributed by atoms with Gasteiger partial charge in [-0.1, -0.05) is 97.3 Å². The van der Waals surface area contributed by atoms with Crippen molar-refractivity contribution in [2.45, 2.75) is 111 Å². The fraction of sp³-hybridized carbons (Fsp3) is 0.840. The van der Waals surface area contributed by atoms with Gasteiger partial charge < -0.3 is 9.47 Å². The fourth-order valence-electron chi connectivity index (χ4n) is 3.46. The summed E-state index contributed by atoms with van der Waals surface area (Å²) >= 11 is 0. The predicted octanol–water partition coefficient (Wildman–Crippen LogP) is 6.35. The molecule has 0 bridgehead atoms. The van der Waals surface area contributed by atoms with Crippen LogP contribution in [-0.2, 0) is 14.3 Å². The smallest absolute Gasteiger partial charge is 0.411 e. The van der Waals surface area contributed by atoms with Crippen molar-refractivity contribution in [3.05, 3.63) is 0 Å². The molecule has 1 atom stereocenters. The Bertz CT molecular complexity index is 507. The molecule has 5 nitrogen and oxygen atoms in total. The monoisotopic (exact) mass is 423 g/mol. The van der Waals surface area contributed by atoms with Crippen LogP contribution in [0.4, 0.5) is 4.79 Å². The van der Waals surface area contributed by atoms with Crippen molar-refractivity contribution >= 4 is 12.1 Å². The molecular formula is C25H45NO4. The molecule has 0 aliphatic heterocycles. The van der Waals surface area contributed by atoms with Crippen molar-refractivity contribution in [2.24, 2.45) is 5.92 Å². The molecule has 0 heterocycles. The molecule has 0 rings (SSSR count). The fourth-order valence-corrected chi connectivity index (χ4v) is 3.46. The van der Waals surface area contributed by atoms with Crippen molar-refractivity contribution in [3.63, 3.8) is 0 Å². The minimum Gasteiger partial charge on any atom is -0.464 e. The van der Waals surface area contributed by atoms with Crippen LogP contribution in [0.25, 0.3) is 0 Å². The SMILES string of the molecule is CC#CCOC(=O)N(C)C(C(=O)OCCCCCCCCCCCCCC)C(C)C. The number of nitrogens with zero attached hydrogens (tertiary/aromatic N) is 1. The van der Waals surface area contributed by atoms with E-state index in [9.17, 15) is 9.59 Å². The van der Waals surface area contributed by atoms with E-state index in [1.165, 1.54) is 69.1 Å². The lowest BCUT2D eigenvalue weighted by Gasteiger charge is -2.28. The molecule has 5 heteroatoms. The van der Waals surface area contributed by atoms with Gasteiger partial charge in [-0.05, 0) is 19.3 Å². The maximum absolute atomic E-state index is 12.5. The molecule has 0 radical (unpaired) electrons. The highest BCUT2D eigenvalue weighted by Crippen LogP contribution is 2.14. The van der Waals surface area contributed by atoms with Crippen LogP contribution < -0.4 is 0 Å². The highest BCUT2D eigenvalue weighted by atomic mass is 16.6. The average molecular weight is 424 g/mol. The topological polar surface area (TPSA) is 55.8 Å². The van der Waals surface area contributed by atoms with Crippen LogP contribution in [0.1, 0.15) is 105 Å². The Balaban J connectivity index is 3.90. The number of hydrogen-bond donors (Lipinski definition) is 0. The summed E-state index contributed by atoms with van der Waals surface area (Å²) in [7, 11) is 1.57. The molecule has 0 aliphatic carbocycles. The number of ether oxygens (including phenoxy) is 2. The first-order valence-electron chi connectivity index (χ1n) is 11.9. The molecule has 1 unspecified atom stereocenters. The van der Waals surface area contributed by atoms with Crippen molar-refractivity contribution < 1.29 is 19.1 Å². The molecular weight excluding hydrogens is 378 g/mol. The molecule has 0 aromatic carbocycles. The van der Waals surface area contributed by atoms with Gasteiger partial charge >= 0.3 is 12.1 Å². The summed E-state index contributed by atoms with van der Waals surface area (Å²) in [5.74, 6) is 4.92. The molecule has 0 saturated carbocycles. The first-order chi connectivity index (χ1) is 14.5. The van der Waals surface area contributed by atoms with Crippen molar-refractivity contribution in [1.82, 2.24) is 4.90 Å². The van der Waals surface area contributed by atoms with E-state index in [2.05, 4.69) is 18.8 Å². The zero-order valence-corrected chi connectivity index (χ0v) is 20.1. The minimum atomic E-state index is -0.649. The standard InChI is InChI=1S/C25H45NO4/c1-6-8-10-11-12-13-14-15-16-17-18-19-21-29-24(27)23(22(3)4)26(5)25(28)30-20-9-7-2/h22-23H,6,8,10-21H2,1-5H3. The summed E-state index contributed by atoms with van der Waals surface area (Å²) in [5.41, 5.74) is 0. The Labute approximate surface area is 185 Å². The van der Waals surface area contributed by atoms with E-state index in [0.29, 0.717) is 6.61 Å². The van der Waals surface area contributed by atoms with Crippen LogP contribution in [-0.4, -0.2) is 43.3 Å². The lowest BCUT2D eigenvalue weighted by atomic mass is 10.0. The van der Waals surface area contributed by atoms with Gasteiger partial charge in [-0.2, -0.15) is 0 Å². The Morgan fingerprint density at radius 2 is 1.33 bits per heavy atom. The number of likely N-dealkylation sites (N-methyl/N-ethyl adjacent to an activating group) is 1. The number of esters is 1. The van der Waals surface area contributed by atoms with E-state index < -0.39 is 12.1 Å². The summed E-state index contributed by atoms with van der Waals surface area (Å²) in [4.78, 5) is 25.9. The Hall–Kier alpha value is -1.70. The van der Waals surface area contributed by atoms with Gasteiger partial charge in [0.05, 0.1) is 6.61 Å². The molecule has 0 spiro atoms. The highest BCUT2D eigenvalue weighted by molar-refractivity contribution is 5.81.